The molecule has 6 atom stereocenters. The van der Waals surface area contributed by atoms with Crippen molar-refractivity contribution in [2.75, 3.05) is 13.7 Å². The molecule has 3 rings (SSSR count). The van der Waals surface area contributed by atoms with Gasteiger partial charge in [0.1, 0.15) is 36.0 Å². The SMILES string of the molecule is CN1CN([C@@H]2O[C@H](C(O)P(=O)([O-])[O-])[C@@H](O)[C@H]2O)C2=NC(=N)NC(=O)C21. The number of aliphatic imine (C=N–C) groups is 1. The van der Waals surface area contributed by atoms with Crippen LogP contribution < -0.4 is 15.1 Å². The third-order valence-electron chi connectivity index (χ3n) is 4.27. The fourth-order valence-electron chi connectivity index (χ4n) is 3.10. The molecule has 2 unspecified atom stereocenters. The lowest BCUT2D eigenvalue weighted by Crippen LogP contribution is -2.53. The average Bonchev–Trinajstić information content (AvgIpc) is 2.96. The summed E-state index contributed by atoms with van der Waals surface area (Å²) < 4.78 is 16.2. The fraction of sp³-hybridized carbons (Fsp3) is 0.727. The normalized spacial score (nSPS) is 37.8. The van der Waals surface area contributed by atoms with E-state index in [0.717, 1.165) is 0 Å². The Kier molecular flexibility index (Phi) is 4.46. The molecule has 13 nitrogen and oxygen atoms in total. The van der Waals surface area contributed by atoms with Crippen LogP contribution in [0.5, 0.6) is 0 Å². The van der Waals surface area contributed by atoms with Crippen molar-refractivity contribution in [2.45, 2.75) is 36.4 Å². The number of carbonyl (C=O) groups excluding carboxylic acids is 1. The van der Waals surface area contributed by atoms with E-state index in [1.165, 1.54) is 9.80 Å². The van der Waals surface area contributed by atoms with Crippen LogP contribution in [0.2, 0.25) is 0 Å². The maximum Gasteiger partial charge on any atom is 0.251 e. The number of likely N-dealkylation sites (N-methyl/N-ethyl adjacent to an activating group) is 1. The Hall–Kier alpha value is -1.44. The highest BCUT2D eigenvalue weighted by Crippen LogP contribution is 2.39. The number of rotatable bonds is 3. The van der Waals surface area contributed by atoms with E-state index in [-0.39, 0.29) is 12.5 Å². The first-order valence-electron chi connectivity index (χ1n) is 7.18. The summed E-state index contributed by atoms with van der Waals surface area (Å²) in [5.41, 5.74) is 0. The van der Waals surface area contributed by atoms with Crippen molar-refractivity contribution in [1.29, 1.82) is 5.41 Å². The summed E-state index contributed by atoms with van der Waals surface area (Å²) in [5.74, 6) is -3.43. The Morgan fingerprint density at radius 2 is 2.08 bits per heavy atom. The van der Waals surface area contributed by atoms with Crippen molar-refractivity contribution < 1.29 is 39.2 Å². The van der Waals surface area contributed by atoms with Crippen LogP contribution in [0.4, 0.5) is 0 Å². The summed E-state index contributed by atoms with van der Waals surface area (Å²) in [6.45, 7) is 0.00781. The number of fused-ring (bicyclic) bond motifs is 1. The zero-order valence-electron chi connectivity index (χ0n) is 12.8. The van der Waals surface area contributed by atoms with Gasteiger partial charge in [-0.25, -0.2) is 0 Å². The molecular formula is C11H16N5O8P-2. The van der Waals surface area contributed by atoms with Gasteiger partial charge >= 0.3 is 0 Å². The lowest BCUT2D eigenvalue weighted by Gasteiger charge is -2.38. The summed E-state index contributed by atoms with van der Waals surface area (Å²) in [7, 11) is -3.91. The first-order valence-corrected chi connectivity index (χ1v) is 8.80. The quantitative estimate of drug-likeness (QED) is 0.295. The lowest BCUT2D eigenvalue weighted by molar-refractivity contribution is -0.326. The number of carbonyl (C=O) groups is 1. The smallest absolute Gasteiger partial charge is 0.251 e. The summed E-state index contributed by atoms with van der Waals surface area (Å²) in [6, 6.07) is -0.865. The summed E-state index contributed by atoms with van der Waals surface area (Å²) >= 11 is 0. The number of ether oxygens (including phenoxy) is 1. The van der Waals surface area contributed by atoms with Crippen LogP contribution in [0.25, 0.3) is 0 Å². The van der Waals surface area contributed by atoms with Crippen LogP contribution in [0.3, 0.4) is 0 Å². The lowest BCUT2D eigenvalue weighted by atomic mass is 10.1. The molecule has 0 aliphatic carbocycles. The van der Waals surface area contributed by atoms with Gasteiger partial charge in [0.2, 0.25) is 5.96 Å². The van der Waals surface area contributed by atoms with Crippen LogP contribution in [0, 0.1) is 5.41 Å². The minimum Gasteiger partial charge on any atom is -0.809 e. The highest BCUT2D eigenvalue weighted by Gasteiger charge is 2.54. The van der Waals surface area contributed by atoms with Gasteiger partial charge in [-0.15, -0.1) is 0 Å². The zero-order chi connectivity index (χ0) is 18.7. The van der Waals surface area contributed by atoms with Crippen molar-refractivity contribution in [3.05, 3.63) is 0 Å². The second-order valence-electron chi connectivity index (χ2n) is 6.00. The van der Waals surface area contributed by atoms with E-state index in [9.17, 15) is 34.5 Å². The third kappa shape index (κ3) is 2.98. The Balaban J connectivity index is 1.88. The highest BCUT2D eigenvalue weighted by atomic mass is 31.2. The van der Waals surface area contributed by atoms with Crippen LogP contribution in [-0.2, 0) is 14.1 Å². The molecule has 2 fully saturated rings. The molecule has 2 saturated heterocycles. The number of aliphatic hydroxyl groups is 3. The second-order valence-corrected chi connectivity index (χ2v) is 7.61. The van der Waals surface area contributed by atoms with E-state index in [0.29, 0.717) is 0 Å². The first kappa shape index (κ1) is 18.4. The minimum atomic E-state index is -5.49. The molecule has 5 N–H and O–H groups in total. The van der Waals surface area contributed by atoms with Crippen molar-refractivity contribution in [2.24, 2.45) is 4.99 Å². The predicted molar refractivity (Wildman–Crippen MR) is 75.8 cm³/mol. The number of amides is 1. The van der Waals surface area contributed by atoms with Gasteiger partial charge in [0, 0.05) is 0 Å². The molecule has 3 aliphatic rings. The minimum absolute atomic E-state index is 0.00781. The molecule has 3 aliphatic heterocycles. The number of aliphatic hydroxyl groups excluding tert-OH is 3. The van der Waals surface area contributed by atoms with Crippen molar-refractivity contribution in [3.63, 3.8) is 0 Å². The van der Waals surface area contributed by atoms with E-state index >= 15 is 0 Å². The van der Waals surface area contributed by atoms with Crippen LogP contribution in [0.15, 0.2) is 4.99 Å². The van der Waals surface area contributed by atoms with Gasteiger partial charge < -0.3 is 39.3 Å². The molecular weight excluding hydrogens is 361 g/mol. The number of amidine groups is 1. The van der Waals surface area contributed by atoms with E-state index in [1.54, 1.807) is 7.05 Å². The van der Waals surface area contributed by atoms with Gasteiger partial charge in [-0.1, -0.05) is 0 Å². The molecule has 1 amide bonds. The molecule has 0 saturated carbocycles. The van der Waals surface area contributed by atoms with E-state index in [1.807, 2.05) is 0 Å². The molecule has 140 valence electrons. The van der Waals surface area contributed by atoms with Crippen molar-refractivity contribution in [3.8, 4) is 0 Å². The molecule has 0 aromatic carbocycles. The van der Waals surface area contributed by atoms with Crippen LogP contribution in [-0.4, -0.2) is 93.0 Å². The molecule has 0 aromatic heterocycles. The van der Waals surface area contributed by atoms with E-state index < -0.39 is 55.9 Å². The second kappa shape index (κ2) is 6.07. The Morgan fingerprint density at radius 1 is 1.44 bits per heavy atom. The number of guanidine groups is 1. The number of nitrogens with one attached hydrogen (secondary N) is 2. The Morgan fingerprint density at radius 3 is 2.68 bits per heavy atom. The monoisotopic (exact) mass is 377 g/mol. The molecule has 0 aromatic rings. The fourth-order valence-corrected chi connectivity index (χ4v) is 3.71. The molecule has 25 heavy (non-hydrogen) atoms. The third-order valence-corrected chi connectivity index (χ3v) is 5.21. The number of hydrogen-bond acceptors (Lipinski definition) is 11. The molecule has 3 heterocycles. The van der Waals surface area contributed by atoms with Crippen molar-refractivity contribution in [1.82, 2.24) is 15.1 Å². The summed E-state index contributed by atoms with van der Waals surface area (Å²) in [4.78, 5) is 40.6. The van der Waals surface area contributed by atoms with E-state index in [2.05, 4.69) is 10.3 Å². The Bertz CT molecular complexity index is 681. The number of nitrogens with zero attached hydrogens (tertiary/aromatic N) is 3. The van der Waals surface area contributed by atoms with Crippen LogP contribution >= 0.6 is 7.60 Å². The zero-order valence-corrected chi connectivity index (χ0v) is 13.7. The van der Waals surface area contributed by atoms with Crippen molar-refractivity contribution >= 4 is 25.3 Å². The van der Waals surface area contributed by atoms with Gasteiger partial charge in [0.25, 0.3) is 5.91 Å². The van der Waals surface area contributed by atoms with Crippen LogP contribution in [0.1, 0.15) is 0 Å². The van der Waals surface area contributed by atoms with Gasteiger partial charge in [-0.05, 0) is 14.6 Å². The first-order chi connectivity index (χ1) is 11.5. The molecule has 0 spiro atoms. The maximum absolute atomic E-state index is 12.0. The molecule has 0 radical (unpaired) electrons. The standard InChI is InChI=1S/C11H18N5O8P/c1-15-2-16(7-3(15)8(19)14-11(12)13-7)9-5(18)4(17)6(24-9)10(20)25(21,22)23/h3-6,9-10,17-18,20H,2H2,1H3,(H2,12,14,19)(H2,21,22,23)/p-2/t3?,4-,5+,6-,9+,10?/m0/s1. The summed E-state index contributed by atoms with van der Waals surface area (Å²) in [5, 5.41) is 39.4. The average molecular weight is 377 g/mol. The van der Waals surface area contributed by atoms with E-state index in [4.69, 9.17) is 10.1 Å². The van der Waals surface area contributed by atoms with Gasteiger partial charge in [0.05, 0.1) is 6.67 Å². The van der Waals surface area contributed by atoms with Gasteiger partial charge in [-0.2, -0.15) is 4.99 Å². The topological polar surface area (TPSA) is 205 Å². The van der Waals surface area contributed by atoms with Gasteiger partial charge in [0.15, 0.2) is 6.23 Å². The predicted octanol–water partition coefficient (Wildman–Crippen LogP) is -5.30. The molecule has 14 heteroatoms. The number of hydrogen-bond donors (Lipinski definition) is 5. The summed E-state index contributed by atoms with van der Waals surface area (Å²) in [6.07, 6.45) is -6.76. The largest absolute Gasteiger partial charge is 0.809 e. The maximum atomic E-state index is 12.0. The highest BCUT2D eigenvalue weighted by molar-refractivity contribution is 7.49. The Labute approximate surface area is 141 Å². The molecule has 0 bridgehead atoms. The van der Waals surface area contributed by atoms with Gasteiger partial charge in [-0.3, -0.25) is 20.4 Å².